The van der Waals surface area contributed by atoms with Crippen molar-refractivity contribution in [2.75, 3.05) is 30.4 Å². The van der Waals surface area contributed by atoms with Crippen LogP contribution in [0.3, 0.4) is 0 Å². The number of carbonyl (C=O) groups is 1. The van der Waals surface area contributed by atoms with Crippen LogP contribution in [0.1, 0.15) is 13.8 Å². The summed E-state index contributed by atoms with van der Waals surface area (Å²) in [7, 11) is 0. The van der Waals surface area contributed by atoms with Crippen LogP contribution in [0.15, 0.2) is 60.7 Å². The van der Waals surface area contributed by atoms with Gasteiger partial charge in [0.25, 0.3) is 0 Å². The topological polar surface area (TPSA) is 59.6 Å². The Morgan fingerprint density at radius 2 is 1.52 bits per heavy atom. The number of anilines is 2. The molecule has 27 heavy (non-hydrogen) atoms. The van der Waals surface area contributed by atoms with E-state index in [-0.39, 0.29) is 12.5 Å². The minimum atomic E-state index is -0.130. The molecule has 0 spiro atoms. The summed E-state index contributed by atoms with van der Waals surface area (Å²) in [5.41, 5.74) is 1.58. The highest BCUT2D eigenvalue weighted by atomic mass is 16.5. The molecule has 3 aromatic carbocycles. The van der Waals surface area contributed by atoms with E-state index in [1.807, 2.05) is 44.2 Å². The van der Waals surface area contributed by atoms with Crippen molar-refractivity contribution in [3.63, 3.8) is 0 Å². The van der Waals surface area contributed by atoms with Crippen molar-refractivity contribution in [1.82, 2.24) is 0 Å². The minimum absolute atomic E-state index is 0.130. The number of carbonyl (C=O) groups excluding carboxylic acids is 1. The van der Waals surface area contributed by atoms with Crippen LogP contribution < -0.4 is 20.1 Å². The van der Waals surface area contributed by atoms with Crippen molar-refractivity contribution < 1.29 is 14.3 Å². The van der Waals surface area contributed by atoms with Crippen LogP contribution in [0.2, 0.25) is 0 Å². The smallest absolute Gasteiger partial charge is 0.243 e. The molecule has 0 bridgehead atoms. The number of nitrogens with one attached hydrogen (secondary N) is 2. The molecule has 0 atom stereocenters. The molecule has 5 heteroatoms. The van der Waals surface area contributed by atoms with Gasteiger partial charge in [-0.3, -0.25) is 4.79 Å². The van der Waals surface area contributed by atoms with Crippen molar-refractivity contribution in [3.8, 4) is 11.5 Å². The van der Waals surface area contributed by atoms with Gasteiger partial charge in [0.05, 0.1) is 19.8 Å². The largest absolute Gasteiger partial charge is 0.490 e. The molecule has 140 valence electrons. The van der Waals surface area contributed by atoms with Gasteiger partial charge < -0.3 is 20.1 Å². The lowest BCUT2D eigenvalue weighted by Crippen LogP contribution is -2.21. The van der Waals surface area contributed by atoms with E-state index >= 15 is 0 Å². The number of hydrogen-bond donors (Lipinski definition) is 2. The summed E-state index contributed by atoms with van der Waals surface area (Å²) in [6.07, 6.45) is 0. The van der Waals surface area contributed by atoms with Gasteiger partial charge in [0.2, 0.25) is 5.91 Å². The molecule has 3 rings (SSSR count). The number of rotatable bonds is 8. The molecule has 1 amide bonds. The molecular formula is C22H24N2O3. The van der Waals surface area contributed by atoms with Gasteiger partial charge in [0, 0.05) is 17.4 Å². The van der Waals surface area contributed by atoms with Crippen molar-refractivity contribution in [1.29, 1.82) is 0 Å². The maximum Gasteiger partial charge on any atom is 0.243 e. The van der Waals surface area contributed by atoms with Gasteiger partial charge in [-0.2, -0.15) is 0 Å². The van der Waals surface area contributed by atoms with E-state index in [1.165, 1.54) is 5.39 Å². The van der Waals surface area contributed by atoms with Crippen LogP contribution >= 0.6 is 0 Å². The van der Waals surface area contributed by atoms with Crippen LogP contribution in [0.4, 0.5) is 11.4 Å². The summed E-state index contributed by atoms with van der Waals surface area (Å²) in [6.45, 7) is 5.09. The van der Waals surface area contributed by atoms with Gasteiger partial charge in [-0.1, -0.05) is 30.3 Å². The Bertz CT molecular complexity index is 924. The highest BCUT2D eigenvalue weighted by molar-refractivity contribution is 5.94. The van der Waals surface area contributed by atoms with Crippen LogP contribution in [0.5, 0.6) is 11.5 Å². The van der Waals surface area contributed by atoms with E-state index < -0.39 is 0 Å². The first kappa shape index (κ1) is 18.6. The fraction of sp³-hybridized carbons (Fsp3) is 0.227. The number of ether oxygens (including phenoxy) is 2. The zero-order valence-corrected chi connectivity index (χ0v) is 15.6. The SMILES string of the molecule is CCOc1ccc(NC(=O)CNc2ccc3ccccc3c2)cc1OCC. The second-order valence-corrected chi connectivity index (χ2v) is 5.99. The van der Waals surface area contributed by atoms with Crippen LogP contribution in [-0.2, 0) is 4.79 Å². The predicted octanol–water partition coefficient (Wildman–Crippen LogP) is 4.69. The second-order valence-electron chi connectivity index (χ2n) is 5.99. The quantitative estimate of drug-likeness (QED) is 0.609. The first-order valence-corrected chi connectivity index (χ1v) is 9.11. The van der Waals surface area contributed by atoms with Gasteiger partial charge in [-0.05, 0) is 48.9 Å². The molecule has 0 saturated heterocycles. The normalized spacial score (nSPS) is 10.4. The van der Waals surface area contributed by atoms with Crippen molar-refractivity contribution in [2.24, 2.45) is 0 Å². The molecule has 2 N–H and O–H groups in total. The Kier molecular flexibility index (Phi) is 6.15. The zero-order chi connectivity index (χ0) is 19.1. The van der Waals surface area contributed by atoms with Gasteiger partial charge in [-0.15, -0.1) is 0 Å². The maximum atomic E-state index is 12.3. The summed E-state index contributed by atoms with van der Waals surface area (Å²) in [5.74, 6) is 1.17. The minimum Gasteiger partial charge on any atom is -0.490 e. The van der Waals surface area contributed by atoms with Crippen LogP contribution in [0.25, 0.3) is 10.8 Å². The molecule has 0 aliphatic heterocycles. The lowest BCUT2D eigenvalue weighted by Gasteiger charge is -2.13. The molecular weight excluding hydrogens is 340 g/mol. The zero-order valence-electron chi connectivity index (χ0n) is 15.6. The van der Waals surface area contributed by atoms with Gasteiger partial charge in [-0.25, -0.2) is 0 Å². The third kappa shape index (κ3) is 4.91. The summed E-state index contributed by atoms with van der Waals surface area (Å²) >= 11 is 0. The average Bonchev–Trinajstić information content (AvgIpc) is 2.68. The Morgan fingerprint density at radius 1 is 0.815 bits per heavy atom. The molecule has 0 unspecified atom stereocenters. The van der Waals surface area contributed by atoms with E-state index in [0.29, 0.717) is 30.4 Å². The maximum absolute atomic E-state index is 12.3. The van der Waals surface area contributed by atoms with Gasteiger partial charge in [0.15, 0.2) is 11.5 Å². The standard InChI is InChI=1S/C22H24N2O3/c1-3-26-20-12-11-19(14-21(20)27-4-2)24-22(25)15-23-18-10-9-16-7-5-6-8-17(16)13-18/h5-14,23H,3-4,15H2,1-2H3,(H,24,25). The molecule has 0 saturated carbocycles. The Labute approximate surface area is 159 Å². The fourth-order valence-corrected chi connectivity index (χ4v) is 2.82. The molecule has 0 fully saturated rings. The lowest BCUT2D eigenvalue weighted by atomic mass is 10.1. The molecule has 0 radical (unpaired) electrons. The Hall–Kier alpha value is -3.21. The van der Waals surface area contributed by atoms with Crippen LogP contribution in [-0.4, -0.2) is 25.7 Å². The second kappa shape index (κ2) is 8.94. The summed E-state index contributed by atoms with van der Waals surface area (Å²) in [6, 6.07) is 19.6. The van der Waals surface area contributed by atoms with Gasteiger partial charge in [0.1, 0.15) is 0 Å². The Balaban J connectivity index is 1.62. The average molecular weight is 364 g/mol. The molecule has 3 aromatic rings. The van der Waals surface area contributed by atoms with Crippen molar-refractivity contribution in [3.05, 3.63) is 60.7 Å². The number of hydrogen-bond acceptors (Lipinski definition) is 4. The first-order chi connectivity index (χ1) is 13.2. The van der Waals surface area contributed by atoms with Crippen molar-refractivity contribution >= 4 is 28.1 Å². The molecule has 0 aliphatic rings. The third-order valence-electron chi connectivity index (χ3n) is 4.03. The van der Waals surface area contributed by atoms with E-state index in [9.17, 15) is 4.79 Å². The first-order valence-electron chi connectivity index (χ1n) is 9.11. The van der Waals surface area contributed by atoms with E-state index in [4.69, 9.17) is 9.47 Å². The van der Waals surface area contributed by atoms with Crippen LogP contribution in [0, 0.1) is 0 Å². The van der Waals surface area contributed by atoms with Gasteiger partial charge >= 0.3 is 0 Å². The summed E-state index contributed by atoms with van der Waals surface area (Å²) in [5, 5.41) is 8.35. The molecule has 0 aromatic heterocycles. The fourth-order valence-electron chi connectivity index (χ4n) is 2.82. The third-order valence-corrected chi connectivity index (χ3v) is 4.03. The van der Waals surface area contributed by atoms with E-state index in [2.05, 4.69) is 22.8 Å². The van der Waals surface area contributed by atoms with Crippen molar-refractivity contribution in [2.45, 2.75) is 13.8 Å². The lowest BCUT2D eigenvalue weighted by molar-refractivity contribution is -0.114. The van der Waals surface area contributed by atoms with E-state index in [1.54, 1.807) is 18.2 Å². The Morgan fingerprint density at radius 3 is 2.30 bits per heavy atom. The van der Waals surface area contributed by atoms with E-state index in [0.717, 1.165) is 11.1 Å². The predicted molar refractivity (Wildman–Crippen MR) is 110 cm³/mol. The molecule has 0 heterocycles. The number of amides is 1. The highest BCUT2D eigenvalue weighted by Crippen LogP contribution is 2.30. The number of fused-ring (bicyclic) bond motifs is 1. The number of benzene rings is 3. The highest BCUT2D eigenvalue weighted by Gasteiger charge is 2.08. The molecule has 5 nitrogen and oxygen atoms in total. The molecule has 0 aliphatic carbocycles. The summed E-state index contributed by atoms with van der Waals surface area (Å²) < 4.78 is 11.1. The monoisotopic (exact) mass is 364 g/mol. The summed E-state index contributed by atoms with van der Waals surface area (Å²) in [4.78, 5) is 12.3.